The Labute approximate surface area is 166 Å². The second kappa shape index (κ2) is 7.66. The minimum Gasteiger partial charge on any atom is -0.377 e. The molecule has 3 heterocycles. The molecule has 2 aliphatic heterocycles. The number of primary amides is 1. The summed E-state index contributed by atoms with van der Waals surface area (Å²) in [5.41, 5.74) is 3.80. The first kappa shape index (κ1) is 22.1. The minimum absolute atomic E-state index is 0.0220. The zero-order valence-electron chi connectivity index (χ0n) is 16.1. The summed E-state index contributed by atoms with van der Waals surface area (Å²) >= 11 is 6.25. The van der Waals surface area contributed by atoms with Crippen molar-refractivity contribution < 1.29 is 18.0 Å². The number of nitriles is 1. The number of fused-ring (bicyclic) bond motifs is 1. The average molecular weight is 418 g/mol. The third kappa shape index (κ3) is 4.43. The van der Waals surface area contributed by atoms with Crippen molar-refractivity contribution in [2.75, 3.05) is 23.3 Å². The van der Waals surface area contributed by atoms with Crippen molar-refractivity contribution in [3.63, 3.8) is 0 Å². The van der Waals surface area contributed by atoms with Crippen molar-refractivity contribution in [1.29, 1.82) is 5.26 Å². The van der Waals surface area contributed by atoms with Crippen molar-refractivity contribution in [3.05, 3.63) is 17.0 Å². The van der Waals surface area contributed by atoms with E-state index in [1.54, 1.807) is 13.0 Å². The second-order valence-electron chi connectivity index (χ2n) is 7.84. The number of pyridine rings is 1. The molecule has 0 aromatic carbocycles. The van der Waals surface area contributed by atoms with Crippen LogP contribution in [0.2, 0.25) is 0 Å². The summed E-state index contributed by atoms with van der Waals surface area (Å²) in [6.07, 6.45) is -3.86. The van der Waals surface area contributed by atoms with E-state index in [2.05, 4.69) is 29.9 Å². The van der Waals surface area contributed by atoms with E-state index in [1.807, 2.05) is 4.90 Å². The van der Waals surface area contributed by atoms with Gasteiger partial charge in [-0.2, -0.15) is 18.4 Å². The fourth-order valence-corrected chi connectivity index (χ4v) is 3.62. The lowest BCUT2D eigenvalue weighted by molar-refractivity contribution is -0.141. The van der Waals surface area contributed by atoms with Gasteiger partial charge in [0.2, 0.25) is 5.91 Å². The summed E-state index contributed by atoms with van der Waals surface area (Å²) in [4.78, 5) is 14.8. The Morgan fingerprint density at radius 1 is 1.46 bits per heavy atom. The van der Waals surface area contributed by atoms with Gasteiger partial charge in [0.05, 0.1) is 22.4 Å². The van der Waals surface area contributed by atoms with Crippen molar-refractivity contribution in [3.8, 4) is 6.07 Å². The molecule has 10 heteroatoms. The van der Waals surface area contributed by atoms with Gasteiger partial charge in [0.25, 0.3) is 0 Å². The third-order valence-electron chi connectivity index (χ3n) is 4.64. The quantitative estimate of drug-likeness (QED) is 0.678. The van der Waals surface area contributed by atoms with Gasteiger partial charge in [-0.25, -0.2) is 4.98 Å². The van der Waals surface area contributed by atoms with Crippen molar-refractivity contribution in [2.24, 2.45) is 11.1 Å². The minimum atomic E-state index is -4.70. The number of halogens is 4. The van der Waals surface area contributed by atoms with Crippen LogP contribution in [0.15, 0.2) is 0 Å². The van der Waals surface area contributed by atoms with Gasteiger partial charge in [-0.1, -0.05) is 13.8 Å². The van der Waals surface area contributed by atoms with E-state index in [9.17, 15) is 23.2 Å². The monoisotopic (exact) mass is 417 g/mol. The smallest absolute Gasteiger partial charge is 0.377 e. The van der Waals surface area contributed by atoms with Gasteiger partial charge in [0.1, 0.15) is 11.6 Å². The number of aromatic nitrogens is 1. The van der Waals surface area contributed by atoms with Crippen molar-refractivity contribution in [1.82, 2.24) is 4.98 Å². The van der Waals surface area contributed by atoms with Crippen molar-refractivity contribution >= 4 is 28.9 Å². The number of hydrogen-bond acceptors (Lipinski definition) is 5. The van der Waals surface area contributed by atoms with E-state index in [0.717, 1.165) is 6.42 Å². The summed E-state index contributed by atoms with van der Waals surface area (Å²) in [6, 6.07) is 1.48. The van der Waals surface area contributed by atoms with Crippen LogP contribution < -0.4 is 16.0 Å². The Morgan fingerprint density at radius 2 is 2.04 bits per heavy atom. The lowest BCUT2D eigenvalue weighted by Crippen LogP contribution is -2.26. The summed E-state index contributed by atoms with van der Waals surface area (Å²) < 4.78 is 40.4. The van der Waals surface area contributed by atoms with E-state index in [-0.39, 0.29) is 28.7 Å². The van der Waals surface area contributed by atoms with Gasteiger partial charge < -0.3 is 16.0 Å². The first-order valence-corrected chi connectivity index (χ1v) is 9.19. The Morgan fingerprint density at radius 3 is 2.46 bits per heavy atom. The summed E-state index contributed by atoms with van der Waals surface area (Å²) in [5, 5.41) is 11.9. The Balaban J connectivity index is 0.000000640. The van der Waals surface area contributed by atoms with Crippen LogP contribution in [0.1, 0.15) is 56.4 Å². The molecule has 1 amide bonds. The molecule has 6 nitrogen and oxygen atoms in total. The number of amides is 1. The van der Waals surface area contributed by atoms with Crippen LogP contribution in [0.25, 0.3) is 0 Å². The van der Waals surface area contributed by atoms with Crippen LogP contribution in [0.5, 0.6) is 0 Å². The van der Waals surface area contributed by atoms with Crippen LogP contribution in [-0.2, 0) is 11.0 Å². The Hall–Kier alpha value is -2.21. The molecule has 0 saturated carbocycles. The lowest BCUT2D eigenvalue weighted by Gasteiger charge is -2.26. The van der Waals surface area contributed by atoms with E-state index in [1.165, 1.54) is 6.92 Å². The number of nitrogens with one attached hydrogen (secondary N) is 1. The molecule has 2 unspecified atom stereocenters. The molecule has 28 heavy (non-hydrogen) atoms. The molecule has 0 aliphatic carbocycles. The molecular weight excluding hydrogens is 395 g/mol. The number of rotatable bonds is 1. The predicted octanol–water partition coefficient (Wildman–Crippen LogP) is 3.79. The highest BCUT2D eigenvalue weighted by atomic mass is 35.5. The highest BCUT2D eigenvalue weighted by Gasteiger charge is 2.44. The first-order valence-electron chi connectivity index (χ1n) is 8.75. The Bertz CT molecular complexity index is 815. The van der Waals surface area contributed by atoms with E-state index >= 15 is 0 Å². The molecule has 0 spiro atoms. The molecule has 0 bridgehead atoms. The molecule has 2 aliphatic rings. The van der Waals surface area contributed by atoms with Crippen LogP contribution in [-0.4, -0.2) is 30.0 Å². The molecular formula is C18H23ClF3N5O. The maximum Gasteiger partial charge on any atom is 0.434 e. The zero-order chi connectivity index (χ0) is 21.4. The molecule has 0 radical (unpaired) electrons. The second-order valence-corrected chi connectivity index (χ2v) is 8.31. The van der Waals surface area contributed by atoms with Crippen LogP contribution in [0.4, 0.5) is 24.5 Å². The molecule has 3 rings (SSSR count). The summed E-state index contributed by atoms with van der Waals surface area (Å²) in [6.45, 7) is 8.39. The summed E-state index contributed by atoms with van der Waals surface area (Å²) in [7, 11) is 0. The van der Waals surface area contributed by atoms with Gasteiger partial charge in [-0.15, -0.1) is 11.6 Å². The van der Waals surface area contributed by atoms with Crippen molar-refractivity contribution in [2.45, 2.75) is 51.7 Å². The number of alkyl halides is 4. The third-order valence-corrected chi connectivity index (χ3v) is 5.23. The number of carbonyl (C=O) groups excluding carboxylic acids is 1. The maximum atomic E-state index is 13.5. The normalized spacial score (nSPS) is 22.6. The molecule has 2 atom stereocenters. The van der Waals surface area contributed by atoms with Crippen LogP contribution in [0.3, 0.4) is 0 Å². The standard InChI is InChI=1S/C16H18ClF3N4.C2H5NO/c1-8-10(17)11-12(22-8)13(24-5-4-15(2,3)7-24)9(6-21)14(23-11)16(18,19)20;1-2(3)4/h8,10,22H,4-5,7H2,1-3H3;1H3,(H2,3,4). The number of anilines is 2. The van der Waals surface area contributed by atoms with Gasteiger partial charge in [0.15, 0.2) is 5.69 Å². The number of carbonyl (C=O) groups is 1. The highest BCUT2D eigenvalue weighted by Crippen LogP contribution is 2.49. The number of nitrogens with zero attached hydrogens (tertiary/aromatic N) is 3. The van der Waals surface area contributed by atoms with E-state index < -0.39 is 22.8 Å². The van der Waals surface area contributed by atoms with Gasteiger partial charge in [0, 0.05) is 26.1 Å². The number of hydrogen-bond donors (Lipinski definition) is 2. The molecule has 1 saturated heterocycles. The zero-order valence-corrected chi connectivity index (χ0v) is 16.9. The molecule has 154 valence electrons. The fourth-order valence-electron chi connectivity index (χ4n) is 3.40. The predicted molar refractivity (Wildman–Crippen MR) is 101 cm³/mol. The SMILES string of the molecule is CC(N)=O.CC1Nc2c(nc(C(F)(F)F)c(C#N)c2N2CCC(C)(C)C2)C1Cl. The van der Waals surface area contributed by atoms with Gasteiger partial charge in [-0.3, -0.25) is 4.79 Å². The largest absolute Gasteiger partial charge is 0.434 e. The fraction of sp³-hybridized carbons (Fsp3) is 0.611. The number of nitrogens with two attached hydrogens (primary N) is 1. The molecule has 3 N–H and O–H groups in total. The first-order chi connectivity index (χ1) is 12.8. The molecule has 1 aromatic heterocycles. The Kier molecular flexibility index (Phi) is 6.04. The van der Waals surface area contributed by atoms with Crippen LogP contribution >= 0.6 is 11.6 Å². The highest BCUT2D eigenvalue weighted by molar-refractivity contribution is 6.22. The average Bonchev–Trinajstić information content (AvgIpc) is 3.04. The maximum absolute atomic E-state index is 13.5. The van der Waals surface area contributed by atoms with Gasteiger partial charge in [-0.05, 0) is 18.8 Å². The molecule has 1 fully saturated rings. The van der Waals surface area contributed by atoms with Gasteiger partial charge >= 0.3 is 6.18 Å². The van der Waals surface area contributed by atoms with Crippen LogP contribution in [0, 0.1) is 16.7 Å². The molecule has 1 aromatic rings. The van der Waals surface area contributed by atoms with E-state index in [0.29, 0.717) is 18.8 Å². The summed E-state index contributed by atoms with van der Waals surface area (Å²) in [5.74, 6) is -0.333. The topological polar surface area (TPSA) is 95.0 Å². The lowest BCUT2D eigenvalue weighted by atomic mass is 9.93. The van der Waals surface area contributed by atoms with E-state index in [4.69, 9.17) is 11.6 Å².